The molecule has 3 rings (SSSR count). The van der Waals surface area contributed by atoms with E-state index in [1.54, 1.807) is 0 Å². The lowest BCUT2D eigenvalue weighted by Crippen LogP contribution is -2.37. The minimum absolute atomic E-state index is 0.278. The summed E-state index contributed by atoms with van der Waals surface area (Å²) in [6.45, 7) is 2.05. The minimum Gasteiger partial charge on any atom is -0.370 e. The average molecular weight is 294 g/mol. The van der Waals surface area contributed by atoms with Gasteiger partial charge in [-0.2, -0.15) is 0 Å². The second-order valence-corrected chi connectivity index (χ2v) is 5.53. The van der Waals surface area contributed by atoms with Gasteiger partial charge in [-0.05, 0) is 37.1 Å². The number of benzene rings is 1. The van der Waals surface area contributed by atoms with Gasteiger partial charge in [-0.15, -0.1) is 0 Å². The largest absolute Gasteiger partial charge is 0.370 e. The van der Waals surface area contributed by atoms with Crippen LogP contribution in [0.5, 0.6) is 0 Å². The molecule has 2 aliphatic heterocycles. The molecule has 1 unspecified atom stereocenters. The summed E-state index contributed by atoms with van der Waals surface area (Å²) in [5.74, 6) is 1.15. The Kier molecular flexibility index (Phi) is 3.16. The van der Waals surface area contributed by atoms with E-state index in [2.05, 4.69) is 50.8 Å². The molecule has 1 saturated heterocycles. The van der Waals surface area contributed by atoms with Crippen molar-refractivity contribution in [2.45, 2.75) is 24.9 Å². The van der Waals surface area contributed by atoms with Crippen LogP contribution >= 0.6 is 15.9 Å². The zero-order chi connectivity index (χ0) is 11.7. The highest BCUT2D eigenvalue weighted by molar-refractivity contribution is 9.10. The Bertz CT molecular complexity index is 421. The van der Waals surface area contributed by atoms with Crippen molar-refractivity contribution in [2.75, 3.05) is 13.1 Å². The summed E-state index contributed by atoms with van der Waals surface area (Å²) in [7, 11) is 0. The SMILES string of the molecule is Brc1ccc(C2CNC([C@@H]3CCCN3)=N2)cc1. The van der Waals surface area contributed by atoms with Crippen LogP contribution in [0, 0.1) is 0 Å². The molecule has 2 atom stereocenters. The summed E-state index contributed by atoms with van der Waals surface area (Å²) >= 11 is 3.46. The van der Waals surface area contributed by atoms with E-state index in [1.165, 1.54) is 18.4 Å². The monoisotopic (exact) mass is 293 g/mol. The number of hydrogen-bond donors (Lipinski definition) is 2. The number of hydrogen-bond acceptors (Lipinski definition) is 3. The smallest absolute Gasteiger partial charge is 0.114 e. The fourth-order valence-electron chi connectivity index (χ4n) is 2.47. The number of aliphatic imine (C=N–C) groups is 1. The first-order valence-corrected chi connectivity index (χ1v) is 6.92. The number of rotatable bonds is 2. The second-order valence-electron chi connectivity index (χ2n) is 4.61. The van der Waals surface area contributed by atoms with E-state index >= 15 is 0 Å². The Morgan fingerprint density at radius 1 is 1.24 bits per heavy atom. The molecule has 0 bridgehead atoms. The summed E-state index contributed by atoms with van der Waals surface area (Å²) in [5, 5.41) is 6.92. The number of nitrogens with zero attached hydrogens (tertiary/aromatic N) is 1. The van der Waals surface area contributed by atoms with Crippen LogP contribution in [0.1, 0.15) is 24.4 Å². The molecule has 2 heterocycles. The quantitative estimate of drug-likeness (QED) is 0.877. The van der Waals surface area contributed by atoms with Gasteiger partial charge >= 0.3 is 0 Å². The maximum atomic E-state index is 4.80. The lowest BCUT2D eigenvalue weighted by atomic mass is 10.1. The molecule has 2 aliphatic rings. The van der Waals surface area contributed by atoms with Gasteiger partial charge in [0, 0.05) is 11.0 Å². The van der Waals surface area contributed by atoms with Crippen LogP contribution in [0.3, 0.4) is 0 Å². The standard InChI is InChI=1S/C13H16BrN3/c14-10-5-3-9(4-6-10)12-8-16-13(17-12)11-2-1-7-15-11/h3-6,11-12,15H,1-2,7-8H2,(H,16,17)/t11-,12?/m0/s1. The number of nitrogens with one attached hydrogen (secondary N) is 2. The first-order valence-electron chi connectivity index (χ1n) is 6.13. The predicted molar refractivity (Wildman–Crippen MR) is 73.3 cm³/mol. The Morgan fingerprint density at radius 3 is 2.76 bits per heavy atom. The zero-order valence-corrected chi connectivity index (χ0v) is 11.2. The fraction of sp³-hybridized carbons (Fsp3) is 0.462. The van der Waals surface area contributed by atoms with Crippen LogP contribution in [-0.2, 0) is 0 Å². The van der Waals surface area contributed by atoms with E-state index < -0.39 is 0 Å². The molecule has 1 aromatic rings. The first kappa shape index (κ1) is 11.2. The third kappa shape index (κ3) is 2.38. The molecule has 1 fully saturated rings. The molecule has 17 heavy (non-hydrogen) atoms. The molecule has 3 nitrogen and oxygen atoms in total. The van der Waals surface area contributed by atoms with Gasteiger partial charge in [-0.3, -0.25) is 4.99 Å². The van der Waals surface area contributed by atoms with E-state index in [0.29, 0.717) is 6.04 Å². The second kappa shape index (κ2) is 4.78. The maximum Gasteiger partial charge on any atom is 0.114 e. The molecule has 4 heteroatoms. The van der Waals surface area contributed by atoms with Gasteiger partial charge in [0.1, 0.15) is 5.84 Å². The van der Waals surface area contributed by atoms with E-state index in [-0.39, 0.29) is 6.04 Å². The zero-order valence-electron chi connectivity index (χ0n) is 9.62. The van der Waals surface area contributed by atoms with Gasteiger partial charge in [-0.25, -0.2) is 0 Å². The van der Waals surface area contributed by atoms with Crippen LogP contribution in [-0.4, -0.2) is 25.0 Å². The van der Waals surface area contributed by atoms with Gasteiger partial charge in [0.25, 0.3) is 0 Å². The predicted octanol–water partition coefficient (Wildman–Crippen LogP) is 2.24. The minimum atomic E-state index is 0.278. The fourth-order valence-corrected chi connectivity index (χ4v) is 2.73. The lowest BCUT2D eigenvalue weighted by molar-refractivity contribution is 0.734. The van der Waals surface area contributed by atoms with Crippen molar-refractivity contribution in [1.82, 2.24) is 10.6 Å². The van der Waals surface area contributed by atoms with E-state index in [1.807, 2.05) is 0 Å². The Hall–Kier alpha value is -0.870. The van der Waals surface area contributed by atoms with Gasteiger partial charge in [0.15, 0.2) is 0 Å². The van der Waals surface area contributed by atoms with Crippen molar-refractivity contribution in [3.63, 3.8) is 0 Å². The summed E-state index contributed by atoms with van der Waals surface area (Å²) < 4.78 is 1.12. The molecule has 0 aliphatic carbocycles. The van der Waals surface area contributed by atoms with Crippen LogP contribution < -0.4 is 10.6 Å². The van der Waals surface area contributed by atoms with E-state index in [0.717, 1.165) is 23.4 Å². The third-order valence-electron chi connectivity index (χ3n) is 3.42. The molecule has 0 amide bonds. The number of halogens is 1. The highest BCUT2D eigenvalue weighted by Gasteiger charge is 2.26. The van der Waals surface area contributed by atoms with Crippen molar-refractivity contribution >= 4 is 21.8 Å². The first-order chi connectivity index (χ1) is 8.33. The average Bonchev–Trinajstić information content (AvgIpc) is 3.00. The van der Waals surface area contributed by atoms with E-state index in [4.69, 9.17) is 4.99 Å². The Balaban J connectivity index is 1.75. The summed E-state index contributed by atoms with van der Waals surface area (Å²) in [5.41, 5.74) is 1.29. The molecule has 0 aromatic heterocycles. The van der Waals surface area contributed by atoms with Crippen molar-refractivity contribution in [1.29, 1.82) is 0 Å². The van der Waals surface area contributed by atoms with Gasteiger partial charge < -0.3 is 10.6 Å². The molecule has 90 valence electrons. The highest BCUT2D eigenvalue weighted by Crippen LogP contribution is 2.23. The van der Waals surface area contributed by atoms with Crippen molar-refractivity contribution in [3.05, 3.63) is 34.3 Å². The molecule has 0 spiro atoms. The number of amidine groups is 1. The summed E-state index contributed by atoms with van der Waals surface area (Å²) in [6.07, 6.45) is 2.47. The topological polar surface area (TPSA) is 36.4 Å². The van der Waals surface area contributed by atoms with Gasteiger partial charge in [0.2, 0.25) is 0 Å². The molecular weight excluding hydrogens is 278 g/mol. The highest BCUT2D eigenvalue weighted by atomic mass is 79.9. The normalized spacial score (nSPS) is 27.9. The Morgan fingerprint density at radius 2 is 2.06 bits per heavy atom. The molecule has 0 saturated carbocycles. The van der Waals surface area contributed by atoms with Crippen molar-refractivity contribution in [3.8, 4) is 0 Å². The van der Waals surface area contributed by atoms with E-state index in [9.17, 15) is 0 Å². The molecule has 1 aromatic carbocycles. The van der Waals surface area contributed by atoms with Crippen molar-refractivity contribution in [2.24, 2.45) is 4.99 Å². The lowest BCUT2D eigenvalue weighted by Gasteiger charge is -2.09. The van der Waals surface area contributed by atoms with Crippen LogP contribution in [0.2, 0.25) is 0 Å². The molecular formula is C13H16BrN3. The maximum absolute atomic E-state index is 4.80. The Labute approximate surface area is 110 Å². The summed E-state index contributed by atoms with van der Waals surface area (Å²) in [6, 6.07) is 9.18. The van der Waals surface area contributed by atoms with Gasteiger partial charge in [0.05, 0.1) is 12.1 Å². The van der Waals surface area contributed by atoms with Gasteiger partial charge in [-0.1, -0.05) is 28.1 Å². The third-order valence-corrected chi connectivity index (χ3v) is 3.95. The van der Waals surface area contributed by atoms with Crippen LogP contribution in [0.4, 0.5) is 0 Å². The van der Waals surface area contributed by atoms with Crippen LogP contribution in [0.25, 0.3) is 0 Å². The van der Waals surface area contributed by atoms with Crippen molar-refractivity contribution < 1.29 is 0 Å². The molecule has 0 radical (unpaired) electrons. The van der Waals surface area contributed by atoms with Crippen LogP contribution in [0.15, 0.2) is 33.7 Å². The molecule has 2 N–H and O–H groups in total. The summed E-state index contributed by atoms with van der Waals surface area (Å²) in [4.78, 5) is 4.80.